The van der Waals surface area contributed by atoms with Crippen molar-refractivity contribution in [3.05, 3.63) is 35.9 Å². The molecule has 2 nitrogen and oxygen atoms in total. The van der Waals surface area contributed by atoms with Crippen LogP contribution in [-0.4, -0.2) is 37.1 Å². The van der Waals surface area contributed by atoms with Crippen LogP contribution in [0.2, 0.25) is 0 Å². The normalized spacial score (nSPS) is 21.2. The zero-order valence-corrected chi connectivity index (χ0v) is 9.74. The largest absolute Gasteiger partial charge is 0.314 e. The Balaban J connectivity index is 1.89. The second kappa shape index (κ2) is 5.69. The fraction of sp³-hybridized carbons (Fsp3) is 0.429. The third kappa shape index (κ3) is 3.10. The third-order valence-corrected chi connectivity index (χ3v) is 2.93. The average molecular weight is 214 g/mol. The van der Waals surface area contributed by atoms with Gasteiger partial charge in [-0.15, -0.1) is 0 Å². The summed E-state index contributed by atoms with van der Waals surface area (Å²) in [7, 11) is 0. The molecule has 2 heteroatoms. The Morgan fingerprint density at radius 1 is 1.38 bits per heavy atom. The molecule has 0 amide bonds. The van der Waals surface area contributed by atoms with Crippen LogP contribution >= 0.6 is 0 Å². The Labute approximate surface area is 97.7 Å². The van der Waals surface area contributed by atoms with Crippen molar-refractivity contribution < 1.29 is 0 Å². The summed E-state index contributed by atoms with van der Waals surface area (Å²) in [5.41, 5.74) is 1.10. The number of nitrogens with one attached hydrogen (secondary N) is 1. The first kappa shape index (κ1) is 11.2. The van der Waals surface area contributed by atoms with Gasteiger partial charge in [0.2, 0.25) is 0 Å². The summed E-state index contributed by atoms with van der Waals surface area (Å²) in [4.78, 5) is 2.42. The van der Waals surface area contributed by atoms with E-state index in [4.69, 9.17) is 0 Å². The van der Waals surface area contributed by atoms with Crippen LogP contribution in [-0.2, 0) is 0 Å². The van der Waals surface area contributed by atoms with Crippen molar-refractivity contribution in [1.29, 1.82) is 0 Å². The van der Waals surface area contributed by atoms with Gasteiger partial charge in [-0.3, -0.25) is 4.90 Å². The quantitative estimate of drug-likeness (QED) is 0.710. The maximum absolute atomic E-state index is 3.38. The van der Waals surface area contributed by atoms with E-state index in [9.17, 15) is 0 Å². The number of hydrogen-bond donors (Lipinski definition) is 1. The highest BCUT2D eigenvalue weighted by Crippen LogP contribution is 2.01. The van der Waals surface area contributed by atoms with Gasteiger partial charge in [-0.2, -0.15) is 0 Å². The molecule has 16 heavy (non-hydrogen) atoms. The average Bonchev–Trinajstić information content (AvgIpc) is 2.33. The van der Waals surface area contributed by atoms with Crippen LogP contribution < -0.4 is 5.32 Å². The van der Waals surface area contributed by atoms with Gasteiger partial charge in [0.05, 0.1) is 6.54 Å². The summed E-state index contributed by atoms with van der Waals surface area (Å²) in [6.07, 6.45) is 0. The van der Waals surface area contributed by atoms with Crippen molar-refractivity contribution in [2.45, 2.75) is 13.0 Å². The summed E-state index contributed by atoms with van der Waals surface area (Å²) in [6.45, 7) is 6.38. The Hall–Kier alpha value is -1.30. The van der Waals surface area contributed by atoms with E-state index in [1.54, 1.807) is 0 Å². The Bertz CT molecular complexity index is 375. The molecule has 1 saturated heterocycles. The molecule has 1 aliphatic heterocycles. The Kier molecular flexibility index (Phi) is 3.98. The Morgan fingerprint density at radius 2 is 2.19 bits per heavy atom. The van der Waals surface area contributed by atoms with E-state index in [2.05, 4.69) is 29.0 Å². The third-order valence-electron chi connectivity index (χ3n) is 2.93. The van der Waals surface area contributed by atoms with Crippen LogP contribution in [0, 0.1) is 11.8 Å². The van der Waals surface area contributed by atoms with Gasteiger partial charge in [-0.1, -0.05) is 30.0 Å². The molecule has 1 atom stereocenters. The fourth-order valence-electron chi connectivity index (χ4n) is 1.88. The van der Waals surface area contributed by atoms with E-state index in [1.165, 1.54) is 0 Å². The number of benzene rings is 1. The van der Waals surface area contributed by atoms with Crippen molar-refractivity contribution in [3.63, 3.8) is 0 Å². The molecular formula is C14H18N2. The van der Waals surface area contributed by atoms with Crippen LogP contribution in [0.25, 0.3) is 0 Å². The molecule has 1 aromatic rings. The minimum Gasteiger partial charge on any atom is -0.314 e. The minimum atomic E-state index is 0.596. The zero-order chi connectivity index (χ0) is 11.2. The molecule has 1 heterocycles. The first-order valence-corrected chi connectivity index (χ1v) is 5.85. The van der Waals surface area contributed by atoms with Gasteiger partial charge in [-0.05, 0) is 19.1 Å². The predicted molar refractivity (Wildman–Crippen MR) is 67.2 cm³/mol. The summed E-state index contributed by atoms with van der Waals surface area (Å²) in [6, 6.07) is 10.8. The van der Waals surface area contributed by atoms with Crippen molar-refractivity contribution in [2.75, 3.05) is 26.2 Å². The molecule has 1 N–H and O–H groups in total. The zero-order valence-electron chi connectivity index (χ0n) is 9.74. The van der Waals surface area contributed by atoms with Gasteiger partial charge in [-0.25, -0.2) is 0 Å². The van der Waals surface area contributed by atoms with Crippen LogP contribution in [0.3, 0.4) is 0 Å². The molecular weight excluding hydrogens is 196 g/mol. The van der Waals surface area contributed by atoms with Gasteiger partial charge in [0.25, 0.3) is 0 Å². The second-order valence-electron chi connectivity index (χ2n) is 4.19. The van der Waals surface area contributed by atoms with Gasteiger partial charge in [0, 0.05) is 31.2 Å². The monoisotopic (exact) mass is 214 g/mol. The maximum atomic E-state index is 3.38. The molecule has 0 spiro atoms. The lowest BCUT2D eigenvalue weighted by molar-refractivity contribution is 0.196. The highest BCUT2D eigenvalue weighted by Gasteiger charge is 2.15. The van der Waals surface area contributed by atoms with Gasteiger partial charge in [0.15, 0.2) is 0 Å². The minimum absolute atomic E-state index is 0.596. The van der Waals surface area contributed by atoms with Gasteiger partial charge in [0.1, 0.15) is 0 Å². The van der Waals surface area contributed by atoms with Gasteiger partial charge >= 0.3 is 0 Å². The highest BCUT2D eigenvalue weighted by molar-refractivity contribution is 5.33. The molecule has 84 valence electrons. The van der Waals surface area contributed by atoms with E-state index < -0.39 is 0 Å². The summed E-state index contributed by atoms with van der Waals surface area (Å²) >= 11 is 0. The predicted octanol–water partition coefficient (Wildman–Crippen LogP) is 1.33. The highest BCUT2D eigenvalue weighted by atomic mass is 15.2. The lowest BCUT2D eigenvalue weighted by atomic mass is 10.2. The molecule has 1 aliphatic rings. The topological polar surface area (TPSA) is 15.3 Å². The maximum Gasteiger partial charge on any atom is 0.0608 e. The van der Waals surface area contributed by atoms with E-state index in [0.29, 0.717) is 6.04 Å². The van der Waals surface area contributed by atoms with Crippen LogP contribution in [0.5, 0.6) is 0 Å². The standard InChI is InChI=1S/C14H18N2/c1-13-12-15-9-11-16(13)10-5-8-14-6-3-2-4-7-14/h2-4,6-7,13,15H,9-12H2,1H3/t13-/m1/s1. The lowest BCUT2D eigenvalue weighted by Crippen LogP contribution is -2.49. The molecule has 0 saturated carbocycles. The molecule has 0 aliphatic carbocycles. The molecule has 0 radical (unpaired) electrons. The molecule has 1 aromatic carbocycles. The fourth-order valence-corrected chi connectivity index (χ4v) is 1.88. The summed E-state index contributed by atoms with van der Waals surface area (Å²) in [5.74, 6) is 6.45. The first-order chi connectivity index (χ1) is 7.86. The molecule has 0 bridgehead atoms. The summed E-state index contributed by atoms with van der Waals surface area (Å²) < 4.78 is 0. The molecule has 1 fully saturated rings. The van der Waals surface area contributed by atoms with E-state index in [1.807, 2.05) is 30.3 Å². The van der Waals surface area contributed by atoms with Crippen LogP contribution in [0.1, 0.15) is 12.5 Å². The van der Waals surface area contributed by atoms with Crippen LogP contribution in [0.15, 0.2) is 30.3 Å². The molecule has 0 unspecified atom stereocenters. The van der Waals surface area contributed by atoms with Crippen molar-refractivity contribution in [2.24, 2.45) is 0 Å². The Morgan fingerprint density at radius 3 is 2.94 bits per heavy atom. The number of hydrogen-bond acceptors (Lipinski definition) is 2. The van der Waals surface area contributed by atoms with E-state index in [0.717, 1.165) is 31.7 Å². The molecule has 0 aromatic heterocycles. The van der Waals surface area contributed by atoms with Gasteiger partial charge < -0.3 is 5.32 Å². The van der Waals surface area contributed by atoms with E-state index in [-0.39, 0.29) is 0 Å². The van der Waals surface area contributed by atoms with Crippen molar-refractivity contribution >= 4 is 0 Å². The van der Waals surface area contributed by atoms with Crippen molar-refractivity contribution in [1.82, 2.24) is 10.2 Å². The number of piperazine rings is 1. The van der Waals surface area contributed by atoms with Crippen molar-refractivity contribution in [3.8, 4) is 11.8 Å². The smallest absolute Gasteiger partial charge is 0.0608 e. The lowest BCUT2D eigenvalue weighted by Gasteiger charge is -2.32. The first-order valence-electron chi connectivity index (χ1n) is 5.85. The SMILES string of the molecule is C[C@@H]1CNCCN1CC#Cc1ccccc1. The second-order valence-corrected chi connectivity index (χ2v) is 4.19. The number of nitrogens with zero attached hydrogens (tertiary/aromatic N) is 1. The molecule has 2 rings (SSSR count). The van der Waals surface area contributed by atoms with Crippen LogP contribution in [0.4, 0.5) is 0 Å². The van der Waals surface area contributed by atoms with E-state index >= 15 is 0 Å². The number of rotatable bonds is 1. The summed E-state index contributed by atoms with van der Waals surface area (Å²) in [5, 5.41) is 3.38.